The zero-order chi connectivity index (χ0) is 26.5. The van der Waals surface area contributed by atoms with Crippen molar-refractivity contribution in [2.24, 2.45) is 0 Å². The molecule has 0 heterocycles. The van der Waals surface area contributed by atoms with Gasteiger partial charge in [-0.25, -0.2) is 13.6 Å². The molecule has 37 heavy (non-hydrogen) atoms. The standard InChI is InChI=1S/C29H28F4O4/c1-3-35-20-11-9-18(10-12-20)22-14-13-21(25(30)26(22)31)17-5-7-19(8-6-17)29(34)37-24-16-15-23(36-4-2)27(32)28(24)33/h5-8,13-16,18,20H,3-4,9-12H2,1-2H3. The Hall–Kier alpha value is -3.39. The second-order valence-electron chi connectivity index (χ2n) is 8.85. The summed E-state index contributed by atoms with van der Waals surface area (Å²) >= 11 is 0. The average molecular weight is 517 g/mol. The molecule has 1 aliphatic rings. The van der Waals surface area contributed by atoms with Crippen LogP contribution >= 0.6 is 0 Å². The summed E-state index contributed by atoms with van der Waals surface area (Å²) in [7, 11) is 0. The molecule has 0 N–H and O–H groups in total. The van der Waals surface area contributed by atoms with E-state index in [0.717, 1.165) is 31.7 Å². The normalized spacial score (nSPS) is 17.5. The van der Waals surface area contributed by atoms with Crippen molar-refractivity contribution >= 4 is 5.97 Å². The Kier molecular flexibility index (Phi) is 8.48. The molecule has 4 rings (SSSR count). The van der Waals surface area contributed by atoms with Gasteiger partial charge < -0.3 is 14.2 Å². The monoisotopic (exact) mass is 516 g/mol. The van der Waals surface area contributed by atoms with Crippen LogP contribution < -0.4 is 9.47 Å². The summed E-state index contributed by atoms with van der Waals surface area (Å²) in [5, 5.41) is 0. The highest BCUT2D eigenvalue weighted by Crippen LogP contribution is 2.38. The van der Waals surface area contributed by atoms with E-state index in [-0.39, 0.29) is 35.5 Å². The van der Waals surface area contributed by atoms with Gasteiger partial charge in [0.1, 0.15) is 0 Å². The van der Waals surface area contributed by atoms with Gasteiger partial charge in [-0.2, -0.15) is 8.78 Å². The molecule has 8 heteroatoms. The van der Waals surface area contributed by atoms with Crippen LogP contribution in [0.25, 0.3) is 11.1 Å². The van der Waals surface area contributed by atoms with Crippen molar-refractivity contribution in [3.8, 4) is 22.6 Å². The van der Waals surface area contributed by atoms with Crippen molar-refractivity contribution in [2.45, 2.75) is 51.6 Å². The van der Waals surface area contributed by atoms with Gasteiger partial charge in [0.2, 0.25) is 11.6 Å². The van der Waals surface area contributed by atoms with Gasteiger partial charge in [0.25, 0.3) is 0 Å². The van der Waals surface area contributed by atoms with Crippen LogP contribution in [0, 0.1) is 23.3 Å². The van der Waals surface area contributed by atoms with Gasteiger partial charge in [-0.05, 0) is 80.8 Å². The first kappa shape index (κ1) is 26.7. The van der Waals surface area contributed by atoms with E-state index < -0.39 is 35.0 Å². The number of benzene rings is 3. The Morgan fingerprint density at radius 1 is 0.757 bits per heavy atom. The SMILES string of the molecule is CCOc1ccc(OC(=O)c2ccc(-c3ccc(C4CCC(OCC)CC4)c(F)c3F)cc2)c(F)c1F. The minimum absolute atomic E-state index is 0.0287. The van der Waals surface area contributed by atoms with Crippen molar-refractivity contribution < 1.29 is 36.6 Å². The summed E-state index contributed by atoms with van der Waals surface area (Å²) in [4.78, 5) is 12.5. The fraction of sp³-hybridized carbons (Fsp3) is 0.345. The van der Waals surface area contributed by atoms with Crippen LogP contribution in [0.2, 0.25) is 0 Å². The molecule has 1 aliphatic carbocycles. The quantitative estimate of drug-likeness (QED) is 0.176. The van der Waals surface area contributed by atoms with Crippen molar-refractivity contribution in [3.63, 3.8) is 0 Å². The van der Waals surface area contributed by atoms with Crippen LogP contribution in [0.3, 0.4) is 0 Å². The topological polar surface area (TPSA) is 44.8 Å². The first-order valence-corrected chi connectivity index (χ1v) is 12.4. The maximum atomic E-state index is 15.0. The predicted octanol–water partition coefficient (Wildman–Crippen LogP) is 7.59. The third kappa shape index (κ3) is 5.80. The zero-order valence-electron chi connectivity index (χ0n) is 20.7. The molecule has 196 valence electrons. The Morgan fingerprint density at radius 2 is 1.41 bits per heavy atom. The molecule has 0 amide bonds. The number of carbonyl (C=O) groups excluding carboxylic acids is 1. The fourth-order valence-corrected chi connectivity index (χ4v) is 4.68. The summed E-state index contributed by atoms with van der Waals surface area (Å²) in [6, 6.07) is 11.0. The molecule has 0 radical (unpaired) electrons. The van der Waals surface area contributed by atoms with E-state index in [1.165, 1.54) is 36.4 Å². The van der Waals surface area contributed by atoms with Gasteiger partial charge in [0, 0.05) is 12.2 Å². The molecule has 0 spiro atoms. The molecule has 4 nitrogen and oxygen atoms in total. The molecule has 0 saturated heterocycles. The summed E-state index contributed by atoms with van der Waals surface area (Å²) in [6.07, 6.45) is 3.26. The Bertz CT molecular complexity index is 1250. The van der Waals surface area contributed by atoms with E-state index in [2.05, 4.69) is 0 Å². The van der Waals surface area contributed by atoms with E-state index in [0.29, 0.717) is 17.7 Å². The van der Waals surface area contributed by atoms with Gasteiger partial charge in [0.05, 0.1) is 18.3 Å². The molecular weight excluding hydrogens is 488 g/mol. The number of esters is 1. The minimum atomic E-state index is -1.35. The maximum absolute atomic E-state index is 15.0. The molecule has 3 aromatic rings. The van der Waals surface area contributed by atoms with Gasteiger partial charge in [-0.3, -0.25) is 0 Å². The lowest BCUT2D eigenvalue weighted by molar-refractivity contribution is 0.0325. The predicted molar refractivity (Wildman–Crippen MR) is 131 cm³/mol. The molecule has 0 bridgehead atoms. The number of hydrogen-bond donors (Lipinski definition) is 0. The minimum Gasteiger partial charge on any atom is -0.491 e. The molecule has 3 aromatic carbocycles. The Balaban J connectivity index is 1.47. The molecule has 0 unspecified atom stereocenters. The molecule has 1 fully saturated rings. The third-order valence-corrected chi connectivity index (χ3v) is 6.57. The lowest BCUT2D eigenvalue weighted by Crippen LogP contribution is -2.21. The maximum Gasteiger partial charge on any atom is 0.343 e. The van der Waals surface area contributed by atoms with E-state index in [1.54, 1.807) is 13.0 Å². The average Bonchev–Trinajstić information content (AvgIpc) is 2.91. The van der Waals surface area contributed by atoms with Gasteiger partial charge >= 0.3 is 5.97 Å². The smallest absolute Gasteiger partial charge is 0.343 e. The van der Waals surface area contributed by atoms with Gasteiger partial charge in [0.15, 0.2) is 23.1 Å². The highest BCUT2D eigenvalue weighted by Gasteiger charge is 2.27. The number of ether oxygens (including phenoxy) is 3. The number of halogens is 4. The zero-order valence-corrected chi connectivity index (χ0v) is 20.7. The highest BCUT2D eigenvalue weighted by atomic mass is 19.2. The van der Waals surface area contributed by atoms with Crippen LogP contribution in [0.5, 0.6) is 11.5 Å². The molecule has 0 aromatic heterocycles. The molecule has 0 aliphatic heterocycles. The van der Waals surface area contributed by atoms with Crippen molar-refractivity contribution in [1.29, 1.82) is 0 Å². The van der Waals surface area contributed by atoms with Crippen molar-refractivity contribution in [3.05, 3.63) is 82.9 Å². The lowest BCUT2D eigenvalue weighted by Gasteiger charge is -2.29. The summed E-state index contributed by atoms with van der Waals surface area (Å²) in [6.45, 7) is 4.35. The van der Waals surface area contributed by atoms with E-state index >= 15 is 8.78 Å². The number of carbonyl (C=O) groups is 1. The van der Waals surface area contributed by atoms with Crippen LogP contribution in [0.4, 0.5) is 17.6 Å². The third-order valence-electron chi connectivity index (χ3n) is 6.57. The van der Waals surface area contributed by atoms with Crippen LogP contribution in [0.15, 0.2) is 48.5 Å². The first-order valence-electron chi connectivity index (χ1n) is 12.4. The van der Waals surface area contributed by atoms with Gasteiger partial charge in [-0.1, -0.05) is 24.3 Å². The van der Waals surface area contributed by atoms with E-state index in [1.807, 2.05) is 6.92 Å². The van der Waals surface area contributed by atoms with Crippen LogP contribution in [-0.4, -0.2) is 25.3 Å². The van der Waals surface area contributed by atoms with Gasteiger partial charge in [-0.15, -0.1) is 0 Å². The van der Waals surface area contributed by atoms with Crippen LogP contribution in [-0.2, 0) is 4.74 Å². The molecular formula is C29H28F4O4. The molecule has 1 saturated carbocycles. The summed E-state index contributed by atoms with van der Waals surface area (Å²) < 4.78 is 73.9. The Labute approximate surface area is 213 Å². The lowest BCUT2D eigenvalue weighted by atomic mass is 9.82. The Morgan fingerprint density at radius 3 is 2.05 bits per heavy atom. The van der Waals surface area contributed by atoms with Crippen LogP contribution in [0.1, 0.15) is 61.4 Å². The highest BCUT2D eigenvalue weighted by molar-refractivity contribution is 5.91. The van der Waals surface area contributed by atoms with Crippen molar-refractivity contribution in [1.82, 2.24) is 0 Å². The van der Waals surface area contributed by atoms with E-state index in [4.69, 9.17) is 14.2 Å². The number of rotatable bonds is 8. The fourth-order valence-electron chi connectivity index (χ4n) is 4.68. The largest absolute Gasteiger partial charge is 0.491 e. The van der Waals surface area contributed by atoms with E-state index in [9.17, 15) is 13.6 Å². The second kappa shape index (κ2) is 11.8. The molecule has 0 atom stereocenters. The second-order valence-corrected chi connectivity index (χ2v) is 8.85. The van der Waals surface area contributed by atoms with Crippen molar-refractivity contribution in [2.75, 3.05) is 13.2 Å². The summed E-state index contributed by atoms with van der Waals surface area (Å²) in [5.41, 5.74) is 0.809. The first-order chi connectivity index (χ1) is 17.8. The summed E-state index contributed by atoms with van der Waals surface area (Å²) in [5.74, 6) is -6.30. The number of hydrogen-bond acceptors (Lipinski definition) is 4.